The third kappa shape index (κ3) is 2.87. The number of cyclic esters (lactones) is 1. The number of fused-ring (bicyclic) bond motifs is 1. The Morgan fingerprint density at radius 3 is 2.75 bits per heavy atom. The van der Waals surface area contributed by atoms with Gasteiger partial charge in [-0.25, -0.2) is 0 Å². The van der Waals surface area contributed by atoms with Crippen LogP contribution in [0.5, 0.6) is 5.75 Å². The van der Waals surface area contributed by atoms with E-state index < -0.39 is 0 Å². The van der Waals surface area contributed by atoms with Crippen LogP contribution in [0.2, 0.25) is 0 Å². The molecule has 2 rings (SSSR count). The first-order chi connectivity index (χ1) is 7.57. The van der Waals surface area contributed by atoms with Crippen LogP contribution in [-0.4, -0.2) is 22.6 Å². The molecule has 1 aromatic carbocycles. The van der Waals surface area contributed by atoms with Gasteiger partial charge in [-0.15, -0.1) is 0 Å². The molecular weight excluding hydrogens is 319 g/mol. The van der Waals surface area contributed by atoms with Crippen LogP contribution in [0.25, 0.3) is 0 Å². The molecule has 1 aliphatic rings. The highest BCUT2D eigenvalue weighted by Crippen LogP contribution is 2.26. The Hall–Kier alpha value is -0.780. The van der Waals surface area contributed by atoms with Crippen molar-refractivity contribution in [3.05, 3.63) is 29.8 Å². The highest BCUT2D eigenvalue weighted by molar-refractivity contribution is 14.1. The first-order valence-corrected chi connectivity index (χ1v) is 6.20. The van der Waals surface area contributed by atoms with E-state index in [9.17, 15) is 4.79 Å². The van der Waals surface area contributed by atoms with E-state index in [0.29, 0.717) is 13.2 Å². The molecule has 86 valence electrons. The summed E-state index contributed by atoms with van der Waals surface area (Å²) in [6.45, 7) is 2.94. The summed E-state index contributed by atoms with van der Waals surface area (Å²) < 4.78 is 10.8. The van der Waals surface area contributed by atoms with Gasteiger partial charge in [-0.05, 0) is 13.0 Å². The topological polar surface area (TPSA) is 35.5 Å². The van der Waals surface area contributed by atoms with Crippen molar-refractivity contribution in [2.24, 2.45) is 0 Å². The Balaban J connectivity index is 2.28. The molecule has 0 N–H and O–H groups in total. The van der Waals surface area contributed by atoms with Crippen LogP contribution in [0.4, 0.5) is 0 Å². The number of halogens is 1. The Morgan fingerprint density at radius 2 is 1.94 bits per heavy atom. The van der Waals surface area contributed by atoms with E-state index in [2.05, 4.69) is 22.6 Å². The van der Waals surface area contributed by atoms with E-state index in [4.69, 9.17) is 9.47 Å². The van der Waals surface area contributed by atoms with Gasteiger partial charge in [0.05, 0.1) is 9.84 Å². The largest absolute Gasteiger partial charge is 0.492 e. The van der Waals surface area contributed by atoms with Gasteiger partial charge in [0.2, 0.25) is 0 Å². The van der Waals surface area contributed by atoms with E-state index in [1.54, 1.807) is 0 Å². The molecule has 3 nitrogen and oxygen atoms in total. The van der Waals surface area contributed by atoms with E-state index in [1.165, 1.54) is 0 Å². The summed E-state index contributed by atoms with van der Waals surface area (Å²) in [5, 5.41) is 0. The van der Waals surface area contributed by atoms with Crippen molar-refractivity contribution in [1.29, 1.82) is 0 Å². The molecule has 0 saturated carbocycles. The number of ether oxygens (including phenoxy) is 2. The Kier molecular flexibility index (Phi) is 3.37. The standard InChI is InChI=1S/C12H13IO3/c1-12(13)7-15-10-5-3-2-4-9(10)6-11(14)16-8-12/h2-5H,6-8H2,1H3. The average molecular weight is 332 g/mol. The van der Waals surface area contributed by atoms with Crippen LogP contribution >= 0.6 is 22.6 Å². The van der Waals surface area contributed by atoms with Gasteiger partial charge in [0, 0.05) is 5.56 Å². The van der Waals surface area contributed by atoms with Crippen LogP contribution in [0.1, 0.15) is 12.5 Å². The van der Waals surface area contributed by atoms with Crippen molar-refractivity contribution in [2.45, 2.75) is 16.8 Å². The van der Waals surface area contributed by atoms with Gasteiger partial charge in [0.15, 0.2) is 0 Å². The lowest BCUT2D eigenvalue weighted by molar-refractivity contribution is -0.143. The molecule has 1 aliphatic heterocycles. The zero-order chi connectivity index (χ0) is 11.6. The zero-order valence-corrected chi connectivity index (χ0v) is 11.2. The number of esters is 1. The summed E-state index contributed by atoms with van der Waals surface area (Å²) in [6.07, 6.45) is 0.281. The lowest BCUT2D eigenvalue weighted by Gasteiger charge is -2.21. The number of carbonyl (C=O) groups is 1. The second kappa shape index (κ2) is 4.61. The third-order valence-corrected chi connectivity index (χ3v) is 2.99. The minimum Gasteiger partial charge on any atom is -0.492 e. The van der Waals surface area contributed by atoms with Crippen LogP contribution in [-0.2, 0) is 16.0 Å². The lowest BCUT2D eigenvalue weighted by Crippen LogP contribution is -2.31. The molecule has 16 heavy (non-hydrogen) atoms. The number of alkyl halides is 1. The maximum atomic E-state index is 11.6. The molecule has 1 atom stereocenters. The van der Waals surface area contributed by atoms with Crippen molar-refractivity contribution in [2.75, 3.05) is 13.2 Å². The Bertz CT molecular complexity index is 401. The summed E-state index contributed by atoms with van der Waals surface area (Å²) in [5.41, 5.74) is 0.890. The second-order valence-corrected chi connectivity index (χ2v) is 6.75. The van der Waals surface area contributed by atoms with Crippen molar-refractivity contribution in [3.63, 3.8) is 0 Å². The number of rotatable bonds is 0. The second-order valence-electron chi connectivity index (χ2n) is 4.15. The first-order valence-electron chi connectivity index (χ1n) is 5.12. The monoisotopic (exact) mass is 332 g/mol. The Morgan fingerprint density at radius 1 is 1.25 bits per heavy atom. The van der Waals surface area contributed by atoms with Crippen molar-refractivity contribution >= 4 is 28.6 Å². The van der Waals surface area contributed by atoms with Crippen LogP contribution in [0.15, 0.2) is 24.3 Å². The highest BCUT2D eigenvalue weighted by atomic mass is 127. The normalized spacial score (nSPS) is 25.5. The van der Waals surface area contributed by atoms with Gasteiger partial charge in [0.1, 0.15) is 19.0 Å². The van der Waals surface area contributed by atoms with Gasteiger partial charge in [-0.2, -0.15) is 0 Å². The quantitative estimate of drug-likeness (QED) is 0.416. The maximum absolute atomic E-state index is 11.6. The minimum absolute atomic E-state index is 0.176. The molecule has 1 unspecified atom stereocenters. The number of benzene rings is 1. The zero-order valence-electron chi connectivity index (χ0n) is 9.03. The number of carbonyl (C=O) groups excluding carboxylic acids is 1. The molecule has 4 heteroatoms. The molecule has 0 saturated heterocycles. The van der Waals surface area contributed by atoms with Crippen molar-refractivity contribution in [3.8, 4) is 5.75 Å². The van der Waals surface area contributed by atoms with E-state index in [-0.39, 0.29) is 15.8 Å². The fourth-order valence-electron chi connectivity index (χ4n) is 1.50. The molecule has 0 amide bonds. The third-order valence-electron chi connectivity index (χ3n) is 2.37. The minimum atomic E-state index is -0.194. The number of hydrogen-bond acceptors (Lipinski definition) is 3. The Labute approximate surface area is 108 Å². The summed E-state index contributed by atoms with van der Waals surface area (Å²) in [6, 6.07) is 7.59. The molecule has 0 aromatic heterocycles. The average Bonchev–Trinajstić information content (AvgIpc) is 2.30. The SMILES string of the molecule is CC1(I)COC(=O)Cc2ccccc2OC1. The number of para-hydroxylation sites is 1. The van der Waals surface area contributed by atoms with Gasteiger partial charge in [-0.3, -0.25) is 4.79 Å². The van der Waals surface area contributed by atoms with Gasteiger partial charge >= 0.3 is 5.97 Å². The van der Waals surface area contributed by atoms with Crippen molar-refractivity contribution < 1.29 is 14.3 Å². The first kappa shape index (κ1) is 11.7. The van der Waals surface area contributed by atoms with E-state index in [1.807, 2.05) is 31.2 Å². The summed E-state index contributed by atoms with van der Waals surface area (Å²) >= 11 is 2.26. The molecule has 1 heterocycles. The van der Waals surface area contributed by atoms with Gasteiger partial charge in [0.25, 0.3) is 0 Å². The maximum Gasteiger partial charge on any atom is 0.310 e. The molecule has 0 spiro atoms. The fourth-order valence-corrected chi connectivity index (χ4v) is 1.81. The summed E-state index contributed by atoms with van der Waals surface area (Å²) in [7, 11) is 0. The number of hydrogen-bond donors (Lipinski definition) is 0. The molecule has 0 bridgehead atoms. The molecule has 0 radical (unpaired) electrons. The molecule has 0 fully saturated rings. The van der Waals surface area contributed by atoms with Crippen LogP contribution in [0, 0.1) is 0 Å². The van der Waals surface area contributed by atoms with Crippen LogP contribution in [0.3, 0.4) is 0 Å². The van der Waals surface area contributed by atoms with E-state index in [0.717, 1.165) is 11.3 Å². The molecular formula is C12H13IO3. The summed E-state index contributed by atoms with van der Waals surface area (Å²) in [4.78, 5) is 11.6. The predicted octanol–water partition coefficient (Wildman–Crippen LogP) is 2.36. The fraction of sp³-hybridized carbons (Fsp3) is 0.417. The van der Waals surface area contributed by atoms with Gasteiger partial charge < -0.3 is 9.47 Å². The highest BCUT2D eigenvalue weighted by Gasteiger charge is 2.26. The molecule has 1 aromatic rings. The lowest BCUT2D eigenvalue weighted by atomic mass is 10.1. The van der Waals surface area contributed by atoms with Gasteiger partial charge in [-0.1, -0.05) is 40.8 Å². The van der Waals surface area contributed by atoms with Crippen LogP contribution < -0.4 is 4.74 Å². The van der Waals surface area contributed by atoms with E-state index >= 15 is 0 Å². The van der Waals surface area contributed by atoms with Crippen molar-refractivity contribution in [1.82, 2.24) is 0 Å². The summed E-state index contributed by atoms with van der Waals surface area (Å²) in [5.74, 6) is 0.588. The predicted molar refractivity (Wildman–Crippen MR) is 69.0 cm³/mol. The molecule has 0 aliphatic carbocycles. The smallest absolute Gasteiger partial charge is 0.310 e.